The molecule has 1 aliphatic rings. The molecule has 7 heteroatoms. The lowest BCUT2D eigenvalue weighted by atomic mass is 10.1. The number of hydrogen-bond acceptors (Lipinski definition) is 6. The Kier molecular flexibility index (Phi) is 3.17. The number of aliphatic hydroxyl groups excluding tert-OH is 3. The third-order valence-corrected chi connectivity index (χ3v) is 1.94. The summed E-state index contributed by atoms with van der Waals surface area (Å²) in [6, 6.07) is 0. The van der Waals surface area contributed by atoms with Crippen molar-refractivity contribution in [2.24, 2.45) is 5.84 Å². The topological polar surface area (TPSA) is 125 Å². The zero-order valence-electron chi connectivity index (χ0n) is 6.75. The number of amides is 1. The predicted molar refractivity (Wildman–Crippen MR) is 40.1 cm³/mol. The van der Waals surface area contributed by atoms with E-state index in [0.29, 0.717) is 0 Å². The molecule has 0 spiro atoms. The molecule has 13 heavy (non-hydrogen) atoms. The zero-order chi connectivity index (χ0) is 10.0. The molecule has 4 atom stereocenters. The van der Waals surface area contributed by atoms with Gasteiger partial charge >= 0.3 is 0 Å². The summed E-state index contributed by atoms with van der Waals surface area (Å²) in [6.45, 7) is -0.466. The summed E-state index contributed by atoms with van der Waals surface area (Å²) < 4.78 is 4.85. The van der Waals surface area contributed by atoms with Crippen LogP contribution < -0.4 is 11.3 Å². The molecule has 76 valence electrons. The molecule has 0 aromatic heterocycles. The summed E-state index contributed by atoms with van der Waals surface area (Å²) in [7, 11) is 0. The van der Waals surface area contributed by atoms with Crippen molar-refractivity contribution in [3.63, 3.8) is 0 Å². The van der Waals surface area contributed by atoms with Crippen LogP contribution in [0.4, 0.5) is 0 Å². The molecule has 1 aliphatic heterocycles. The van der Waals surface area contributed by atoms with Gasteiger partial charge < -0.3 is 20.1 Å². The highest BCUT2D eigenvalue weighted by Gasteiger charge is 2.45. The molecule has 0 bridgehead atoms. The van der Waals surface area contributed by atoms with Gasteiger partial charge in [0.1, 0.15) is 18.3 Å². The molecule has 0 saturated carbocycles. The number of nitrogens with two attached hydrogens (primary N) is 1. The van der Waals surface area contributed by atoms with Crippen LogP contribution in [0.15, 0.2) is 0 Å². The van der Waals surface area contributed by atoms with Gasteiger partial charge in [-0.15, -0.1) is 0 Å². The molecule has 1 heterocycles. The molecule has 7 nitrogen and oxygen atoms in total. The van der Waals surface area contributed by atoms with Crippen LogP contribution in [-0.2, 0) is 9.53 Å². The Labute approximate surface area is 74.1 Å². The van der Waals surface area contributed by atoms with Crippen LogP contribution in [0.3, 0.4) is 0 Å². The smallest absolute Gasteiger partial charge is 0.265 e. The third kappa shape index (κ3) is 1.79. The second kappa shape index (κ2) is 3.99. The number of aliphatic hydroxyl groups is 3. The maximum atomic E-state index is 10.9. The Morgan fingerprint density at radius 2 is 2.08 bits per heavy atom. The number of rotatable bonds is 2. The highest BCUT2D eigenvalue weighted by Crippen LogP contribution is 2.20. The van der Waals surface area contributed by atoms with Gasteiger partial charge in [0.2, 0.25) is 0 Å². The number of hydrogen-bond donors (Lipinski definition) is 5. The van der Waals surface area contributed by atoms with Crippen molar-refractivity contribution in [1.29, 1.82) is 0 Å². The first-order valence-electron chi connectivity index (χ1n) is 3.74. The number of carbonyl (C=O) groups excluding carboxylic acids is 1. The van der Waals surface area contributed by atoms with E-state index in [1.807, 2.05) is 0 Å². The van der Waals surface area contributed by atoms with Crippen molar-refractivity contribution in [3.05, 3.63) is 0 Å². The van der Waals surface area contributed by atoms with Gasteiger partial charge in [0.25, 0.3) is 5.91 Å². The van der Waals surface area contributed by atoms with Crippen LogP contribution in [0.25, 0.3) is 0 Å². The largest absolute Gasteiger partial charge is 0.394 e. The minimum atomic E-state index is -1.36. The SMILES string of the molecule is NNC(=O)[C@@H]1O[C@H](CO)[C@@H](O)[C@H]1O. The summed E-state index contributed by atoms with van der Waals surface area (Å²) in [5.41, 5.74) is 1.79. The Bertz CT molecular complexity index is 199. The van der Waals surface area contributed by atoms with E-state index >= 15 is 0 Å². The first kappa shape index (κ1) is 10.4. The maximum Gasteiger partial charge on any atom is 0.265 e. The van der Waals surface area contributed by atoms with Crippen molar-refractivity contribution < 1.29 is 24.9 Å². The first-order chi connectivity index (χ1) is 6.11. The molecule has 0 radical (unpaired) electrons. The molecule has 1 fully saturated rings. The van der Waals surface area contributed by atoms with E-state index in [1.54, 1.807) is 5.43 Å². The van der Waals surface area contributed by atoms with E-state index < -0.39 is 36.9 Å². The van der Waals surface area contributed by atoms with Crippen molar-refractivity contribution in [2.75, 3.05) is 6.61 Å². The molecule has 0 unspecified atom stereocenters. The Morgan fingerprint density at radius 3 is 2.46 bits per heavy atom. The van der Waals surface area contributed by atoms with Crippen LogP contribution in [0.1, 0.15) is 0 Å². The molecule has 0 aromatic rings. The lowest BCUT2D eigenvalue weighted by Crippen LogP contribution is -2.45. The van der Waals surface area contributed by atoms with Gasteiger partial charge in [-0.1, -0.05) is 0 Å². The Balaban J connectivity index is 2.65. The molecule has 6 N–H and O–H groups in total. The molecular formula is C6H12N2O5. The maximum absolute atomic E-state index is 10.9. The van der Waals surface area contributed by atoms with Gasteiger partial charge in [-0.25, -0.2) is 5.84 Å². The van der Waals surface area contributed by atoms with Gasteiger partial charge in [0.15, 0.2) is 6.10 Å². The molecular weight excluding hydrogens is 180 g/mol. The van der Waals surface area contributed by atoms with Gasteiger partial charge in [-0.05, 0) is 0 Å². The zero-order valence-corrected chi connectivity index (χ0v) is 6.75. The average molecular weight is 192 g/mol. The van der Waals surface area contributed by atoms with Crippen molar-refractivity contribution in [1.82, 2.24) is 5.43 Å². The van der Waals surface area contributed by atoms with Crippen LogP contribution in [0, 0.1) is 0 Å². The van der Waals surface area contributed by atoms with E-state index in [4.69, 9.17) is 15.7 Å². The molecule has 1 rings (SSSR count). The second-order valence-electron chi connectivity index (χ2n) is 2.77. The van der Waals surface area contributed by atoms with E-state index in [1.165, 1.54) is 0 Å². The second-order valence-corrected chi connectivity index (χ2v) is 2.77. The van der Waals surface area contributed by atoms with Crippen molar-refractivity contribution in [3.8, 4) is 0 Å². The third-order valence-electron chi connectivity index (χ3n) is 1.94. The fraction of sp³-hybridized carbons (Fsp3) is 0.833. The molecule has 0 aliphatic carbocycles. The average Bonchev–Trinajstić information content (AvgIpc) is 2.43. The van der Waals surface area contributed by atoms with E-state index in [2.05, 4.69) is 0 Å². The van der Waals surface area contributed by atoms with Crippen LogP contribution in [0.5, 0.6) is 0 Å². The highest BCUT2D eigenvalue weighted by atomic mass is 16.6. The Hall–Kier alpha value is -0.730. The summed E-state index contributed by atoms with van der Waals surface area (Å²) in [5, 5.41) is 27.1. The van der Waals surface area contributed by atoms with Crippen molar-refractivity contribution >= 4 is 5.91 Å². The lowest BCUT2D eigenvalue weighted by Gasteiger charge is -2.11. The minimum Gasteiger partial charge on any atom is -0.394 e. The van der Waals surface area contributed by atoms with Crippen LogP contribution >= 0.6 is 0 Å². The van der Waals surface area contributed by atoms with Gasteiger partial charge in [-0.2, -0.15) is 0 Å². The van der Waals surface area contributed by atoms with Crippen molar-refractivity contribution in [2.45, 2.75) is 24.4 Å². The van der Waals surface area contributed by atoms with E-state index in [0.717, 1.165) is 0 Å². The normalized spacial score (nSPS) is 39.1. The predicted octanol–water partition coefficient (Wildman–Crippen LogP) is -3.54. The van der Waals surface area contributed by atoms with E-state index in [-0.39, 0.29) is 0 Å². The lowest BCUT2D eigenvalue weighted by molar-refractivity contribution is -0.136. The van der Waals surface area contributed by atoms with Gasteiger partial charge in [0.05, 0.1) is 6.61 Å². The fourth-order valence-electron chi connectivity index (χ4n) is 1.20. The summed E-state index contributed by atoms with van der Waals surface area (Å²) >= 11 is 0. The first-order valence-corrected chi connectivity index (χ1v) is 3.74. The molecule has 0 aromatic carbocycles. The van der Waals surface area contributed by atoms with Crippen LogP contribution in [0.2, 0.25) is 0 Å². The number of hydrazine groups is 1. The standard InChI is InChI=1S/C6H12N2O5/c7-8-6(12)5-4(11)3(10)2(1-9)13-5/h2-5,9-11H,1,7H2,(H,8,12)/t2-,3-,4-,5-/m1/s1. The highest BCUT2D eigenvalue weighted by molar-refractivity contribution is 5.81. The summed E-state index contributed by atoms with van der Waals surface area (Å²) in [6.07, 6.45) is -4.80. The number of ether oxygens (including phenoxy) is 1. The summed E-state index contributed by atoms with van der Waals surface area (Å²) in [5.74, 6) is 4.08. The number of nitrogens with one attached hydrogen (secondary N) is 1. The van der Waals surface area contributed by atoms with E-state index in [9.17, 15) is 15.0 Å². The fourth-order valence-corrected chi connectivity index (χ4v) is 1.20. The quantitative estimate of drug-likeness (QED) is 0.175. The summed E-state index contributed by atoms with van der Waals surface area (Å²) in [4.78, 5) is 10.9. The molecule has 1 amide bonds. The van der Waals surface area contributed by atoms with Crippen LogP contribution in [-0.4, -0.2) is 52.2 Å². The van der Waals surface area contributed by atoms with Gasteiger partial charge in [0, 0.05) is 0 Å². The van der Waals surface area contributed by atoms with Gasteiger partial charge in [-0.3, -0.25) is 10.2 Å². The minimum absolute atomic E-state index is 0.466. The molecule has 1 saturated heterocycles. The Morgan fingerprint density at radius 1 is 1.46 bits per heavy atom. The monoisotopic (exact) mass is 192 g/mol. The number of carbonyl (C=O) groups is 1.